The molecule has 28 heavy (non-hydrogen) atoms. The van der Waals surface area contributed by atoms with Crippen LogP contribution in [-0.2, 0) is 15.1 Å². The predicted molar refractivity (Wildman–Crippen MR) is 119 cm³/mol. The summed E-state index contributed by atoms with van der Waals surface area (Å²) in [5.41, 5.74) is 6.88. The van der Waals surface area contributed by atoms with Crippen LogP contribution in [0, 0.1) is 5.41 Å². The smallest absolute Gasteiger partial charge is 0.331 e. The Labute approximate surface area is 170 Å². The van der Waals surface area contributed by atoms with E-state index in [0.29, 0.717) is 6.42 Å². The number of hydrazone groups is 1. The quantitative estimate of drug-likeness (QED) is 0.213. The molecule has 1 atom stereocenters. The fourth-order valence-corrected chi connectivity index (χ4v) is 3.80. The number of nitrogens with two attached hydrogens (primary N) is 2. The van der Waals surface area contributed by atoms with Gasteiger partial charge in [-0.2, -0.15) is 5.10 Å². The summed E-state index contributed by atoms with van der Waals surface area (Å²) in [6, 6.07) is 7.54. The predicted octanol–water partition coefficient (Wildman–Crippen LogP) is 2.20. The summed E-state index contributed by atoms with van der Waals surface area (Å²) in [6.07, 6.45) is 2.10. The molecule has 7 heteroatoms. The van der Waals surface area contributed by atoms with E-state index in [2.05, 4.69) is 50.5 Å². The van der Waals surface area contributed by atoms with E-state index in [1.807, 2.05) is 44.3 Å². The van der Waals surface area contributed by atoms with E-state index in [1.54, 1.807) is 0 Å². The molecule has 0 spiro atoms. The van der Waals surface area contributed by atoms with Crippen molar-refractivity contribution in [3.05, 3.63) is 29.8 Å². The Kier molecular flexibility index (Phi) is 7.73. The van der Waals surface area contributed by atoms with Crippen LogP contribution in [-0.4, -0.2) is 31.7 Å². The second-order valence-corrected chi connectivity index (χ2v) is 14.8. The highest BCUT2D eigenvalue weighted by atomic mass is 28.3. The molecule has 0 aromatic heterocycles. The van der Waals surface area contributed by atoms with Gasteiger partial charge >= 0.3 is 5.97 Å². The SMILES string of the molecule is CC(C)OC(=O)[C@@](N)(CC(C)(C)C)c1ccc([NH+]=CC(=NN)[Si](C)(C)C)cc1. The molecule has 0 radical (unpaired) electrons. The summed E-state index contributed by atoms with van der Waals surface area (Å²) >= 11 is 0. The number of rotatable bonds is 7. The maximum Gasteiger partial charge on any atom is 0.331 e. The first kappa shape index (κ1) is 24.0. The third kappa shape index (κ3) is 6.87. The number of nitrogens with zero attached hydrogens (tertiary/aromatic N) is 1. The Morgan fingerprint density at radius 3 is 2.14 bits per heavy atom. The molecule has 1 aromatic rings. The zero-order valence-electron chi connectivity index (χ0n) is 18.6. The summed E-state index contributed by atoms with van der Waals surface area (Å²) in [4.78, 5) is 16.0. The van der Waals surface area contributed by atoms with Crippen LogP contribution in [0.25, 0.3) is 0 Å². The number of benzene rings is 1. The fraction of sp³-hybridized carbons (Fsp3) is 0.571. The molecular weight excluding hydrogens is 368 g/mol. The van der Waals surface area contributed by atoms with Crippen LogP contribution in [0.15, 0.2) is 29.4 Å². The lowest BCUT2D eigenvalue weighted by Gasteiger charge is -2.34. The molecule has 0 aliphatic heterocycles. The highest BCUT2D eigenvalue weighted by Crippen LogP contribution is 2.34. The topological polar surface area (TPSA) is 105 Å². The summed E-state index contributed by atoms with van der Waals surface area (Å²) < 4.78 is 5.47. The minimum absolute atomic E-state index is 0.140. The molecule has 0 aliphatic carbocycles. The minimum atomic E-state index is -1.61. The van der Waals surface area contributed by atoms with Crippen LogP contribution in [0.2, 0.25) is 19.6 Å². The Balaban J connectivity index is 3.20. The van der Waals surface area contributed by atoms with Crippen molar-refractivity contribution in [3.8, 4) is 0 Å². The van der Waals surface area contributed by atoms with E-state index in [0.717, 1.165) is 16.6 Å². The second kappa shape index (κ2) is 9.00. The first-order chi connectivity index (χ1) is 12.7. The van der Waals surface area contributed by atoms with E-state index in [4.69, 9.17) is 16.3 Å². The van der Waals surface area contributed by atoms with Crippen LogP contribution in [0.5, 0.6) is 0 Å². The molecule has 0 fully saturated rings. The van der Waals surface area contributed by atoms with Gasteiger partial charge in [-0.1, -0.05) is 40.4 Å². The van der Waals surface area contributed by atoms with Crippen molar-refractivity contribution in [1.29, 1.82) is 0 Å². The normalized spacial score (nSPS) is 15.7. The molecule has 0 unspecified atom stereocenters. The van der Waals surface area contributed by atoms with E-state index in [9.17, 15) is 4.79 Å². The van der Waals surface area contributed by atoms with Gasteiger partial charge in [0, 0.05) is 12.1 Å². The largest absolute Gasteiger partial charge is 0.461 e. The average molecular weight is 406 g/mol. The van der Waals surface area contributed by atoms with Gasteiger partial charge in [-0.3, -0.25) is 0 Å². The van der Waals surface area contributed by atoms with Gasteiger partial charge in [0.05, 0.1) is 6.10 Å². The lowest BCUT2D eigenvalue weighted by Crippen LogP contribution is -2.65. The summed E-state index contributed by atoms with van der Waals surface area (Å²) in [7, 11) is -1.61. The van der Waals surface area contributed by atoms with Crippen LogP contribution in [0.4, 0.5) is 5.69 Å². The van der Waals surface area contributed by atoms with Gasteiger partial charge in [-0.05, 0) is 43.4 Å². The molecule has 0 saturated heterocycles. The van der Waals surface area contributed by atoms with Gasteiger partial charge < -0.3 is 16.3 Å². The molecule has 0 heterocycles. The Morgan fingerprint density at radius 1 is 1.21 bits per heavy atom. The lowest BCUT2D eigenvalue weighted by atomic mass is 9.76. The molecule has 5 N–H and O–H groups in total. The zero-order valence-corrected chi connectivity index (χ0v) is 19.6. The second-order valence-electron chi connectivity index (χ2n) is 9.79. The van der Waals surface area contributed by atoms with Crippen molar-refractivity contribution < 1.29 is 14.5 Å². The van der Waals surface area contributed by atoms with Crippen molar-refractivity contribution in [1.82, 2.24) is 0 Å². The molecule has 0 aliphatic rings. The van der Waals surface area contributed by atoms with Crippen LogP contribution < -0.4 is 16.6 Å². The van der Waals surface area contributed by atoms with E-state index in [-0.39, 0.29) is 11.5 Å². The Hall–Kier alpha value is -1.99. The summed E-state index contributed by atoms with van der Waals surface area (Å²) in [6.45, 7) is 16.4. The fourth-order valence-electron chi connectivity index (χ4n) is 2.91. The van der Waals surface area contributed by atoms with Gasteiger partial charge in [0.2, 0.25) is 5.69 Å². The number of esters is 1. The number of carbonyl (C=O) groups excluding carboxylic acids is 1. The van der Waals surface area contributed by atoms with Crippen LogP contribution in [0.3, 0.4) is 0 Å². The van der Waals surface area contributed by atoms with E-state index < -0.39 is 19.6 Å². The van der Waals surface area contributed by atoms with E-state index >= 15 is 0 Å². The third-order valence-corrected chi connectivity index (χ3v) is 6.01. The van der Waals surface area contributed by atoms with Crippen molar-refractivity contribution >= 4 is 31.3 Å². The van der Waals surface area contributed by atoms with Crippen molar-refractivity contribution in [2.75, 3.05) is 0 Å². The molecule has 0 saturated carbocycles. The van der Waals surface area contributed by atoms with Gasteiger partial charge in [-0.25, -0.2) is 9.79 Å². The molecule has 1 rings (SSSR count). The highest BCUT2D eigenvalue weighted by Gasteiger charge is 2.41. The number of hydrogen-bond acceptors (Lipinski definition) is 5. The van der Waals surface area contributed by atoms with E-state index in [1.165, 1.54) is 0 Å². The first-order valence-electron chi connectivity index (χ1n) is 9.67. The van der Waals surface area contributed by atoms with Crippen LogP contribution >= 0.6 is 0 Å². The molecule has 0 bridgehead atoms. The molecule has 6 nitrogen and oxygen atoms in total. The summed E-state index contributed by atoms with van der Waals surface area (Å²) in [5.74, 6) is 5.12. The molecule has 0 amide bonds. The number of ether oxygens (including phenoxy) is 1. The Morgan fingerprint density at radius 2 is 1.75 bits per heavy atom. The number of hydrogen-bond donors (Lipinski definition) is 3. The zero-order chi connectivity index (χ0) is 21.8. The van der Waals surface area contributed by atoms with Crippen molar-refractivity contribution in [3.63, 3.8) is 0 Å². The molecular formula is C21H37N4O2Si+. The third-order valence-electron chi connectivity index (χ3n) is 4.20. The highest BCUT2D eigenvalue weighted by molar-refractivity contribution is 7.11. The monoisotopic (exact) mass is 405 g/mol. The summed E-state index contributed by atoms with van der Waals surface area (Å²) in [5, 5.41) is 4.79. The standard InChI is InChI=1S/C21H36N4O2Si/c1-15(2)27-19(26)21(22,14-20(3,4)5)16-9-11-17(12-10-16)24-13-18(25-23)28(6,7)8/h9-13,15H,14,22-23H2,1-8H3/p+1/t21-/m1/s1. The number of carbonyl (C=O) groups is 1. The lowest BCUT2D eigenvalue weighted by molar-refractivity contribution is -0.345. The average Bonchev–Trinajstić information content (AvgIpc) is 2.52. The van der Waals surface area contributed by atoms with Gasteiger partial charge in [0.1, 0.15) is 18.9 Å². The molecule has 156 valence electrons. The van der Waals surface area contributed by atoms with Crippen LogP contribution in [0.1, 0.15) is 46.6 Å². The molecule has 1 aromatic carbocycles. The minimum Gasteiger partial charge on any atom is -0.461 e. The van der Waals surface area contributed by atoms with Crippen molar-refractivity contribution in [2.24, 2.45) is 22.1 Å². The number of nitrogens with one attached hydrogen (secondary N) is 1. The maximum absolute atomic E-state index is 12.8. The van der Waals surface area contributed by atoms with Crippen molar-refractivity contribution in [2.45, 2.75) is 72.3 Å². The maximum atomic E-state index is 12.8. The van der Waals surface area contributed by atoms with Gasteiger partial charge in [-0.15, -0.1) is 0 Å². The van der Waals surface area contributed by atoms with Gasteiger partial charge in [0.25, 0.3) is 0 Å². The Bertz CT molecular complexity index is 728. The van der Waals surface area contributed by atoms with Gasteiger partial charge in [0.15, 0.2) is 6.21 Å². The first-order valence-corrected chi connectivity index (χ1v) is 13.2.